The zero-order valence-electron chi connectivity index (χ0n) is 27.6. The topological polar surface area (TPSA) is 9.86 Å². The molecular formula is C48H30N2S. The van der Waals surface area contributed by atoms with E-state index in [1.807, 2.05) is 11.3 Å². The highest BCUT2D eigenvalue weighted by molar-refractivity contribution is 7.26. The third-order valence-corrected chi connectivity index (χ3v) is 11.7. The maximum Gasteiger partial charge on any atom is 0.0634 e. The first kappa shape index (κ1) is 28.4. The Labute approximate surface area is 298 Å². The van der Waals surface area contributed by atoms with Crippen LogP contribution in [-0.2, 0) is 0 Å². The molecule has 51 heavy (non-hydrogen) atoms. The van der Waals surface area contributed by atoms with Crippen LogP contribution in [-0.4, -0.2) is 9.13 Å². The number of hydrogen-bond donors (Lipinski definition) is 0. The van der Waals surface area contributed by atoms with Crippen molar-refractivity contribution >= 4 is 75.1 Å². The molecule has 8 aromatic carbocycles. The number of fused-ring (bicyclic) bond motifs is 10. The van der Waals surface area contributed by atoms with Crippen molar-refractivity contribution in [1.29, 1.82) is 0 Å². The normalized spacial score (nSPS) is 11.9. The average molecular weight is 667 g/mol. The summed E-state index contributed by atoms with van der Waals surface area (Å²) in [6, 6.07) is 66.6. The van der Waals surface area contributed by atoms with Gasteiger partial charge in [0.1, 0.15) is 0 Å². The number of benzene rings is 8. The first-order chi connectivity index (χ1) is 25.3. The van der Waals surface area contributed by atoms with Gasteiger partial charge in [-0.1, -0.05) is 121 Å². The van der Waals surface area contributed by atoms with Gasteiger partial charge in [0, 0.05) is 53.1 Å². The average Bonchev–Trinajstić information content (AvgIpc) is 3.86. The molecule has 11 rings (SSSR count). The van der Waals surface area contributed by atoms with E-state index in [0.29, 0.717) is 0 Å². The van der Waals surface area contributed by atoms with Gasteiger partial charge in [0.25, 0.3) is 0 Å². The fourth-order valence-electron chi connectivity index (χ4n) is 8.20. The molecule has 0 aliphatic heterocycles. The number of rotatable bonds is 4. The molecular weight excluding hydrogens is 637 g/mol. The molecule has 0 N–H and O–H groups in total. The lowest BCUT2D eigenvalue weighted by Crippen LogP contribution is -1.95. The Hall–Kier alpha value is -6.42. The van der Waals surface area contributed by atoms with Crippen LogP contribution in [0.15, 0.2) is 182 Å². The standard InChI is InChI=1S/C48H30N2S/c1-2-10-31(11-3-1)34-22-28-45-41(30-34)47-46(51-45)29-27-40-39-14-6-9-17-44(39)50(48(40)47)36-25-20-33(21-26-36)32-18-23-35(24-19-32)49-42-15-7-4-12-37(42)38-13-5-8-16-43(38)49/h1-30H. The van der Waals surface area contributed by atoms with E-state index in [1.54, 1.807) is 0 Å². The molecule has 0 aliphatic rings. The predicted octanol–water partition coefficient (Wildman–Crippen LogP) is 13.6. The minimum atomic E-state index is 1.16. The van der Waals surface area contributed by atoms with Crippen LogP contribution in [0.4, 0.5) is 0 Å². The monoisotopic (exact) mass is 666 g/mol. The van der Waals surface area contributed by atoms with Crippen LogP contribution >= 0.6 is 11.3 Å². The zero-order chi connectivity index (χ0) is 33.5. The first-order valence-corrected chi connectivity index (χ1v) is 18.3. The quantitative estimate of drug-likeness (QED) is 0.177. The van der Waals surface area contributed by atoms with Gasteiger partial charge in [0.05, 0.1) is 22.1 Å². The van der Waals surface area contributed by atoms with E-state index in [9.17, 15) is 0 Å². The van der Waals surface area contributed by atoms with E-state index in [2.05, 4.69) is 191 Å². The van der Waals surface area contributed by atoms with Gasteiger partial charge in [-0.25, -0.2) is 0 Å². The van der Waals surface area contributed by atoms with Crippen molar-refractivity contribution in [3.63, 3.8) is 0 Å². The highest BCUT2D eigenvalue weighted by atomic mass is 32.1. The summed E-state index contributed by atoms with van der Waals surface area (Å²) in [6.45, 7) is 0. The summed E-state index contributed by atoms with van der Waals surface area (Å²) in [6.07, 6.45) is 0. The van der Waals surface area contributed by atoms with E-state index < -0.39 is 0 Å². The summed E-state index contributed by atoms with van der Waals surface area (Å²) in [5, 5.41) is 7.76. The first-order valence-electron chi connectivity index (χ1n) is 17.4. The third-order valence-electron chi connectivity index (χ3n) is 10.5. The van der Waals surface area contributed by atoms with Gasteiger partial charge in [0.2, 0.25) is 0 Å². The van der Waals surface area contributed by atoms with Crippen molar-refractivity contribution in [3.05, 3.63) is 182 Å². The Morgan fingerprint density at radius 2 is 0.784 bits per heavy atom. The number of nitrogens with zero attached hydrogens (tertiary/aromatic N) is 2. The summed E-state index contributed by atoms with van der Waals surface area (Å²) in [5.41, 5.74) is 12.2. The molecule has 0 saturated heterocycles. The third kappa shape index (κ3) is 4.29. The predicted molar refractivity (Wildman–Crippen MR) is 219 cm³/mol. The van der Waals surface area contributed by atoms with E-state index in [0.717, 1.165) is 5.69 Å². The van der Waals surface area contributed by atoms with Crippen molar-refractivity contribution in [2.24, 2.45) is 0 Å². The van der Waals surface area contributed by atoms with Crippen molar-refractivity contribution in [2.45, 2.75) is 0 Å². The largest absolute Gasteiger partial charge is 0.309 e. The lowest BCUT2D eigenvalue weighted by Gasteiger charge is -2.12. The van der Waals surface area contributed by atoms with Gasteiger partial charge in [-0.2, -0.15) is 0 Å². The Bertz CT molecular complexity index is 3050. The van der Waals surface area contributed by atoms with Gasteiger partial charge in [-0.3, -0.25) is 0 Å². The number of aromatic nitrogens is 2. The van der Waals surface area contributed by atoms with Gasteiger partial charge in [0.15, 0.2) is 0 Å². The van der Waals surface area contributed by atoms with Gasteiger partial charge < -0.3 is 9.13 Å². The molecule has 0 fully saturated rings. The molecule has 0 unspecified atom stereocenters. The lowest BCUT2D eigenvalue weighted by atomic mass is 10.0. The fraction of sp³-hybridized carbons (Fsp3) is 0. The molecule has 0 bridgehead atoms. The van der Waals surface area contributed by atoms with E-state index in [4.69, 9.17) is 0 Å². The van der Waals surface area contributed by atoms with Crippen LogP contribution in [0.25, 0.3) is 97.4 Å². The molecule has 0 spiro atoms. The van der Waals surface area contributed by atoms with Crippen LogP contribution < -0.4 is 0 Å². The van der Waals surface area contributed by atoms with Crippen molar-refractivity contribution in [3.8, 4) is 33.6 Å². The second-order valence-corrected chi connectivity index (χ2v) is 14.4. The van der Waals surface area contributed by atoms with Crippen LogP contribution in [0.5, 0.6) is 0 Å². The van der Waals surface area contributed by atoms with Crippen LogP contribution in [0.2, 0.25) is 0 Å². The van der Waals surface area contributed by atoms with Crippen molar-refractivity contribution < 1.29 is 0 Å². The highest BCUT2D eigenvalue weighted by Crippen LogP contribution is 2.44. The molecule has 0 saturated carbocycles. The van der Waals surface area contributed by atoms with Crippen LogP contribution in [0.3, 0.4) is 0 Å². The van der Waals surface area contributed by atoms with E-state index in [1.165, 1.54) is 91.7 Å². The molecule has 0 radical (unpaired) electrons. The second-order valence-electron chi connectivity index (χ2n) is 13.3. The molecule has 3 aromatic heterocycles. The Morgan fingerprint density at radius 3 is 1.41 bits per heavy atom. The second kappa shape index (κ2) is 11.0. The molecule has 0 atom stereocenters. The molecule has 3 heterocycles. The lowest BCUT2D eigenvalue weighted by molar-refractivity contribution is 1.18. The minimum absolute atomic E-state index is 1.16. The summed E-state index contributed by atoms with van der Waals surface area (Å²) in [4.78, 5) is 0. The van der Waals surface area contributed by atoms with Gasteiger partial charge in [-0.15, -0.1) is 11.3 Å². The number of thiophene rings is 1. The molecule has 0 aliphatic carbocycles. The van der Waals surface area contributed by atoms with Gasteiger partial charge in [-0.05, 0) is 82.9 Å². The molecule has 3 heteroatoms. The number of para-hydroxylation sites is 3. The molecule has 2 nitrogen and oxygen atoms in total. The zero-order valence-corrected chi connectivity index (χ0v) is 28.4. The number of hydrogen-bond acceptors (Lipinski definition) is 1. The van der Waals surface area contributed by atoms with E-state index in [-0.39, 0.29) is 0 Å². The summed E-state index contributed by atoms with van der Waals surface area (Å²) in [7, 11) is 0. The Kier molecular flexibility index (Phi) is 6.16. The smallest absolute Gasteiger partial charge is 0.0634 e. The SMILES string of the molecule is c1ccc(-c2ccc3sc4ccc5c6ccccc6n(-c6ccc(-c7ccc(-n8c9ccccc9c9ccccc98)cc7)cc6)c5c4c3c2)cc1. The maximum atomic E-state index is 2.48. The Morgan fingerprint density at radius 1 is 0.314 bits per heavy atom. The highest BCUT2D eigenvalue weighted by Gasteiger charge is 2.19. The fourth-order valence-corrected chi connectivity index (χ4v) is 9.29. The van der Waals surface area contributed by atoms with Crippen LogP contribution in [0.1, 0.15) is 0 Å². The summed E-state index contributed by atoms with van der Waals surface area (Å²) >= 11 is 1.88. The summed E-state index contributed by atoms with van der Waals surface area (Å²) < 4.78 is 7.47. The maximum absolute atomic E-state index is 2.48. The van der Waals surface area contributed by atoms with Gasteiger partial charge >= 0.3 is 0 Å². The van der Waals surface area contributed by atoms with Crippen molar-refractivity contribution in [1.82, 2.24) is 9.13 Å². The summed E-state index contributed by atoms with van der Waals surface area (Å²) in [5.74, 6) is 0. The molecule has 238 valence electrons. The van der Waals surface area contributed by atoms with Crippen molar-refractivity contribution in [2.75, 3.05) is 0 Å². The van der Waals surface area contributed by atoms with Crippen LogP contribution in [0, 0.1) is 0 Å². The van der Waals surface area contributed by atoms with E-state index >= 15 is 0 Å². The molecule has 0 amide bonds. The Balaban J connectivity index is 1.05. The molecule has 11 aromatic rings. The minimum Gasteiger partial charge on any atom is -0.309 e.